The van der Waals surface area contributed by atoms with Crippen LogP contribution in [-0.2, 0) is 6.54 Å². The van der Waals surface area contributed by atoms with Gasteiger partial charge in [0.25, 0.3) is 5.91 Å². The Balaban J connectivity index is 1.70. The van der Waals surface area contributed by atoms with Crippen LogP contribution in [0.5, 0.6) is 0 Å². The third-order valence-electron chi connectivity index (χ3n) is 4.58. The van der Waals surface area contributed by atoms with Gasteiger partial charge in [-0.2, -0.15) is 0 Å². The number of amides is 1. The summed E-state index contributed by atoms with van der Waals surface area (Å²) in [6, 6.07) is 26.0. The molecule has 0 spiro atoms. The Bertz CT molecular complexity index is 909. The smallest absolute Gasteiger partial charge is 0.255 e. The first-order valence-electron chi connectivity index (χ1n) is 8.65. The number of carbonyl (C=O) groups excluding carboxylic acids is 1. The molecule has 2 N–H and O–H groups in total. The van der Waals surface area contributed by atoms with Crippen LogP contribution in [0, 0.1) is 0 Å². The molecule has 0 saturated carbocycles. The van der Waals surface area contributed by atoms with E-state index in [9.17, 15) is 4.79 Å². The molecule has 1 heterocycles. The van der Waals surface area contributed by atoms with Crippen LogP contribution in [0.2, 0.25) is 0 Å². The molecule has 1 aliphatic heterocycles. The number of nitrogens with two attached hydrogens (primary N) is 1. The summed E-state index contributed by atoms with van der Waals surface area (Å²) in [7, 11) is 0. The molecule has 1 aliphatic rings. The number of fused-ring (bicyclic) bond motifs is 1. The van der Waals surface area contributed by atoms with Crippen molar-refractivity contribution < 1.29 is 4.79 Å². The summed E-state index contributed by atoms with van der Waals surface area (Å²) in [6.07, 6.45) is 0. The molecule has 4 rings (SSSR count). The van der Waals surface area contributed by atoms with E-state index >= 15 is 0 Å². The van der Waals surface area contributed by atoms with E-state index < -0.39 is 0 Å². The average Bonchev–Trinajstić information content (AvgIpc) is 2.82. The zero-order valence-electron chi connectivity index (χ0n) is 14.3. The molecule has 3 aromatic carbocycles. The fourth-order valence-electron chi connectivity index (χ4n) is 3.21. The van der Waals surface area contributed by atoms with Gasteiger partial charge in [-0.05, 0) is 35.4 Å². The van der Waals surface area contributed by atoms with Crippen molar-refractivity contribution in [3.63, 3.8) is 0 Å². The van der Waals surface area contributed by atoms with E-state index in [1.54, 1.807) is 11.8 Å². The molecular weight excluding hydrogens is 340 g/mol. The van der Waals surface area contributed by atoms with Crippen LogP contribution in [0.1, 0.15) is 26.7 Å². The molecule has 130 valence electrons. The summed E-state index contributed by atoms with van der Waals surface area (Å²) in [4.78, 5) is 16.2. The van der Waals surface area contributed by atoms with Crippen molar-refractivity contribution in [2.24, 2.45) is 0 Å². The summed E-state index contributed by atoms with van der Waals surface area (Å²) in [6.45, 7) is 1.25. The minimum atomic E-state index is 0.0864. The lowest BCUT2D eigenvalue weighted by Crippen LogP contribution is -2.32. The minimum Gasteiger partial charge on any atom is -0.399 e. The molecule has 4 heteroatoms. The van der Waals surface area contributed by atoms with Crippen LogP contribution < -0.4 is 5.73 Å². The SMILES string of the molecule is Nc1ccc(CN2CC(c3ccccc3)Sc3ccccc3C2=O)cc1. The molecule has 0 fully saturated rings. The second-order valence-corrected chi connectivity index (χ2v) is 7.69. The molecule has 0 aromatic heterocycles. The number of nitrogen functional groups attached to an aromatic ring is 1. The molecule has 1 amide bonds. The number of hydrogen-bond acceptors (Lipinski definition) is 3. The summed E-state index contributed by atoms with van der Waals surface area (Å²) in [5, 5.41) is 0.206. The van der Waals surface area contributed by atoms with Gasteiger partial charge in [0.05, 0.1) is 10.8 Å². The Kier molecular flexibility index (Phi) is 4.67. The van der Waals surface area contributed by atoms with Gasteiger partial charge in [0.15, 0.2) is 0 Å². The van der Waals surface area contributed by atoms with Gasteiger partial charge in [0.2, 0.25) is 0 Å². The maximum Gasteiger partial charge on any atom is 0.255 e. The number of nitrogens with zero attached hydrogens (tertiary/aromatic N) is 1. The van der Waals surface area contributed by atoms with Crippen molar-refractivity contribution in [3.05, 3.63) is 95.6 Å². The highest BCUT2D eigenvalue weighted by Crippen LogP contribution is 2.41. The number of benzene rings is 3. The molecule has 0 aliphatic carbocycles. The minimum absolute atomic E-state index is 0.0864. The predicted molar refractivity (Wildman–Crippen MR) is 107 cm³/mol. The molecule has 3 aromatic rings. The first kappa shape index (κ1) is 16.7. The Morgan fingerprint density at radius 1 is 0.923 bits per heavy atom. The quantitative estimate of drug-likeness (QED) is 0.685. The van der Waals surface area contributed by atoms with Crippen molar-refractivity contribution in [1.29, 1.82) is 0 Å². The fraction of sp³-hybridized carbons (Fsp3) is 0.136. The first-order valence-corrected chi connectivity index (χ1v) is 9.53. The van der Waals surface area contributed by atoms with E-state index in [0.717, 1.165) is 21.7 Å². The van der Waals surface area contributed by atoms with Crippen molar-refractivity contribution >= 4 is 23.4 Å². The van der Waals surface area contributed by atoms with Gasteiger partial charge >= 0.3 is 0 Å². The van der Waals surface area contributed by atoms with Gasteiger partial charge in [-0.25, -0.2) is 0 Å². The van der Waals surface area contributed by atoms with Crippen LogP contribution >= 0.6 is 11.8 Å². The second-order valence-electron chi connectivity index (χ2n) is 6.44. The highest BCUT2D eigenvalue weighted by Gasteiger charge is 2.28. The fourth-order valence-corrected chi connectivity index (χ4v) is 4.50. The number of hydrogen-bond donors (Lipinski definition) is 1. The largest absolute Gasteiger partial charge is 0.399 e. The number of carbonyl (C=O) groups is 1. The van der Waals surface area contributed by atoms with Gasteiger partial charge in [-0.15, -0.1) is 11.8 Å². The maximum atomic E-state index is 13.2. The van der Waals surface area contributed by atoms with E-state index in [4.69, 9.17) is 5.73 Å². The first-order chi connectivity index (χ1) is 12.7. The predicted octanol–water partition coefficient (Wildman–Crippen LogP) is 4.76. The van der Waals surface area contributed by atoms with E-state index in [1.165, 1.54) is 5.56 Å². The molecule has 1 atom stereocenters. The summed E-state index contributed by atoms with van der Waals surface area (Å²) >= 11 is 1.77. The second kappa shape index (κ2) is 7.26. The third-order valence-corrected chi connectivity index (χ3v) is 5.90. The van der Waals surface area contributed by atoms with E-state index in [0.29, 0.717) is 13.1 Å². The monoisotopic (exact) mass is 360 g/mol. The van der Waals surface area contributed by atoms with Crippen molar-refractivity contribution in [2.75, 3.05) is 12.3 Å². The van der Waals surface area contributed by atoms with Crippen LogP contribution in [-0.4, -0.2) is 17.4 Å². The lowest BCUT2D eigenvalue weighted by Gasteiger charge is -2.25. The van der Waals surface area contributed by atoms with Crippen molar-refractivity contribution in [2.45, 2.75) is 16.7 Å². The Hall–Kier alpha value is -2.72. The summed E-state index contributed by atoms with van der Waals surface area (Å²) in [5.41, 5.74) is 9.64. The van der Waals surface area contributed by atoms with E-state index in [-0.39, 0.29) is 11.2 Å². The van der Waals surface area contributed by atoms with Crippen LogP contribution in [0.15, 0.2) is 83.8 Å². The summed E-state index contributed by atoms with van der Waals surface area (Å²) in [5.74, 6) is 0.0864. The summed E-state index contributed by atoms with van der Waals surface area (Å²) < 4.78 is 0. The van der Waals surface area contributed by atoms with Gasteiger partial charge in [0, 0.05) is 23.7 Å². The van der Waals surface area contributed by atoms with E-state index in [2.05, 4.69) is 24.3 Å². The maximum absolute atomic E-state index is 13.2. The van der Waals surface area contributed by atoms with Gasteiger partial charge in [-0.1, -0.05) is 54.6 Å². The lowest BCUT2D eigenvalue weighted by molar-refractivity contribution is 0.0743. The van der Waals surface area contributed by atoms with Crippen molar-refractivity contribution in [1.82, 2.24) is 4.90 Å². The van der Waals surface area contributed by atoms with Gasteiger partial charge in [0.1, 0.15) is 0 Å². The molecule has 26 heavy (non-hydrogen) atoms. The molecule has 0 bridgehead atoms. The standard InChI is InChI=1S/C22H20N2OS/c23-18-12-10-16(11-13-18)14-24-15-21(17-6-2-1-3-7-17)26-20-9-5-4-8-19(20)22(24)25/h1-13,21H,14-15,23H2. The van der Waals surface area contributed by atoms with Crippen LogP contribution in [0.4, 0.5) is 5.69 Å². The molecule has 0 saturated heterocycles. The zero-order valence-corrected chi connectivity index (χ0v) is 15.2. The Morgan fingerprint density at radius 3 is 2.38 bits per heavy atom. The normalized spacial score (nSPS) is 16.8. The topological polar surface area (TPSA) is 46.3 Å². The number of rotatable bonds is 3. The van der Waals surface area contributed by atoms with E-state index in [1.807, 2.05) is 59.5 Å². The molecule has 0 radical (unpaired) electrons. The zero-order chi connectivity index (χ0) is 17.9. The highest BCUT2D eigenvalue weighted by atomic mass is 32.2. The van der Waals surface area contributed by atoms with Gasteiger partial charge in [-0.3, -0.25) is 4.79 Å². The lowest BCUT2D eigenvalue weighted by atomic mass is 10.1. The number of anilines is 1. The number of thioether (sulfide) groups is 1. The Labute approximate surface area is 157 Å². The van der Waals surface area contributed by atoms with Gasteiger partial charge < -0.3 is 10.6 Å². The molecular formula is C22H20N2OS. The average molecular weight is 360 g/mol. The van der Waals surface area contributed by atoms with Crippen LogP contribution in [0.25, 0.3) is 0 Å². The van der Waals surface area contributed by atoms with Crippen molar-refractivity contribution in [3.8, 4) is 0 Å². The van der Waals surface area contributed by atoms with Crippen LogP contribution in [0.3, 0.4) is 0 Å². The highest BCUT2D eigenvalue weighted by molar-refractivity contribution is 7.99. The Morgan fingerprint density at radius 2 is 1.62 bits per heavy atom. The third kappa shape index (κ3) is 3.46. The molecule has 1 unspecified atom stereocenters. The molecule has 3 nitrogen and oxygen atoms in total.